The van der Waals surface area contributed by atoms with Crippen molar-refractivity contribution < 1.29 is 57.5 Å². The molecule has 0 saturated heterocycles. The van der Waals surface area contributed by atoms with Crippen LogP contribution >= 0.6 is 0 Å². The van der Waals surface area contributed by atoms with Crippen molar-refractivity contribution in [3.05, 3.63) is 47.0 Å². The minimum absolute atomic E-state index is 0.0383. The number of hydrogen-bond donors (Lipinski definition) is 7. The van der Waals surface area contributed by atoms with E-state index < -0.39 is 82.6 Å². The summed E-state index contributed by atoms with van der Waals surface area (Å²) in [4.78, 5) is 55.9. The fourth-order valence-electron chi connectivity index (χ4n) is 7.17. The maximum absolute atomic E-state index is 14.1. The second kappa shape index (κ2) is 12.0. The number of benzene rings is 2. The van der Waals surface area contributed by atoms with E-state index in [4.69, 9.17) is 5.73 Å². The average Bonchev–Trinajstić information content (AvgIpc) is 2.96. The third-order valence-corrected chi connectivity index (χ3v) is 9.14. The first-order chi connectivity index (χ1) is 22.3. The number of alkyl halides is 3. The van der Waals surface area contributed by atoms with Gasteiger partial charge in [0.1, 0.15) is 17.4 Å². The van der Waals surface area contributed by atoms with Crippen LogP contribution in [0.15, 0.2) is 35.9 Å². The molecule has 14 nitrogen and oxygen atoms in total. The number of primary amides is 1. The lowest BCUT2D eigenvalue weighted by Crippen LogP contribution is -2.73. The molecule has 2 saturated carbocycles. The summed E-state index contributed by atoms with van der Waals surface area (Å²) < 4.78 is 41.2. The van der Waals surface area contributed by atoms with Crippen LogP contribution in [0, 0.1) is 17.8 Å². The van der Waals surface area contributed by atoms with Crippen LogP contribution in [-0.2, 0) is 20.8 Å². The molecule has 0 aromatic heterocycles. The van der Waals surface area contributed by atoms with Crippen LogP contribution in [0.5, 0.6) is 11.5 Å². The molecule has 5 rings (SSSR count). The van der Waals surface area contributed by atoms with Gasteiger partial charge in [-0.2, -0.15) is 0 Å². The van der Waals surface area contributed by atoms with E-state index in [0.717, 1.165) is 24.3 Å². The van der Waals surface area contributed by atoms with Gasteiger partial charge in [0.2, 0.25) is 11.7 Å². The van der Waals surface area contributed by atoms with Crippen LogP contribution in [0.4, 0.5) is 35.0 Å². The number of amides is 3. The quantitative estimate of drug-likeness (QED) is 0.173. The Labute approximate surface area is 271 Å². The van der Waals surface area contributed by atoms with E-state index >= 15 is 0 Å². The summed E-state index contributed by atoms with van der Waals surface area (Å²) in [6, 6.07) is 3.71. The highest BCUT2D eigenvalue weighted by Gasteiger charge is 2.67. The number of halogens is 3. The van der Waals surface area contributed by atoms with Crippen LogP contribution in [0.1, 0.15) is 17.5 Å². The number of aromatic hydroxyl groups is 1. The fourth-order valence-corrected chi connectivity index (χ4v) is 7.17. The zero-order chi connectivity index (χ0) is 35.6. The fraction of sp³-hybridized carbons (Fsp3) is 0.419. The Kier molecular flexibility index (Phi) is 8.60. The molecule has 0 bridgehead atoms. The monoisotopic (exact) mass is 677 g/mol. The number of ether oxygens (including phenoxy) is 1. The van der Waals surface area contributed by atoms with Gasteiger partial charge in [0, 0.05) is 43.0 Å². The van der Waals surface area contributed by atoms with Crippen molar-refractivity contribution in [3.8, 4) is 11.5 Å². The second-order valence-corrected chi connectivity index (χ2v) is 12.5. The summed E-state index contributed by atoms with van der Waals surface area (Å²) in [5, 5.41) is 50.6. The summed E-state index contributed by atoms with van der Waals surface area (Å²) in [7, 11) is 6.42. The Balaban J connectivity index is 1.53. The number of fused-ring (bicyclic) bond motifs is 3. The Morgan fingerprint density at radius 3 is 2.23 bits per heavy atom. The third-order valence-electron chi connectivity index (χ3n) is 9.14. The molecule has 0 heterocycles. The first-order valence-corrected chi connectivity index (χ1v) is 14.7. The molecule has 17 heteroatoms. The second-order valence-electron chi connectivity index (χ2n) is 12.5. The van der Waals surface area contributed by atoms with Crippen molar-refractivity contribution in [2.45, 2.75) is 37.0 Å². The van der Waals surface area contributed by atoms with Crippen molar-refractivity contribution in [1.29, 1.82) is 0 Å². The molecule has 2 unspecified atom stereocenters. The number of carbonyl (C=O) groups is 4. The van der Waals surface area contributed by atoms with Gasteiger partial charge in [-0.05, 0) is 68.8 Å². The summed E-state index contributed by atoms with van der Waals surface area (Å²) in [6.45, 7) is 0. The van der Waals surface area contributed by atoms with E-state index in [9.17, 15) is 52.8 Å². The van der Waals surface area contributed by atoms with Crippen LogP contribution in [0.2, 0.25) is 0 Å². The highest BCUT2D eigenvalue weighted by Crippen LogP contribution is 2.54. The van der Waals surface area contributed by atoms with Gasteiger partial charge in [-0.3, -0.25) is 14.4 Å². The van der Waals surface area contributed by atoms with Crippen molar-refractivity contribution >= 4 is 46.3 Å². The Hall–Kier alpha value is -4.87. The van der Waals surface area contributed by atoms with Crippen molar-refractivity contribution in [3.63, 3.8) is 0 Å². The molecule has 8 N–H and O–H groups in total. The number of nitrogens with zero attached hydrogens (tertiary/aromatic N) is 2. The van der Waals surface area contributed by atoms with E-state index in [-0.39, 0.29) is 35.4 Å². The Morgan fingerprint density at radius 2 is 1.69 bits per heavy atom. The van der Waals surface area contributed by atoms with Gasteiger partial charge in [-0.25, -0.2) is 4.79 Å². The third kappa shape index (κ3) is 5.67. The lowest BCUT2D eigenvalue weighted by Gasteiger charge is -2.53. The number of Topliss-reactive ketones (excluding diaryl/α,β-unsaturated/α-hetero) is 2. The predicted octanol–water partition coefficient (Wildman–Crippen LogP) is 1.74. The summed E-state index contributed by atoms with van der Waals surface area (Å²) in [5.74, 6) is -9.51. The largest absolute Gasteiger partial charge is 0.573 e. The van der Waals surface area contributed by atoms with Gasteiger partial charge >= 0.3 is 12.4 Å². The van der Waals surface area contributed by atoms with Crippen molar-refractivity contribution in [2.75, 3.05) is 43.7 Å². The van der Waals surface area contributed by atoms with Crippen LogP contribution in [-0.4, -0.2) is 101 Å². The van der Waals surface area contributed by atoms with Gasteiger partial charge in [-0.1, -0.05) is 0 Å². The van der Waals surface area contributed by atoms with Gasteiger partial charge in [-0.15, -0.1) is 13.2 Å². The minimum atomic E-state index is -4.90. The molecule has 6 atom stereocenters. The van der Waals surface area contributed by atoms with Crippen LogP contribution in [0.3, 0.4) is 0 Å². The molecular weight excluding hydrogens is 643 g/mol. The number of rotatable bonds is 6. The summed E-state index contributed by atoms with van der Waals surface area (Å²) >= 11 is 0. The number of ketones is 2. The number of urea groups is 1. The molecule has 0 radical (unpaired) electrons. The first kappa shape index (κ1) is 34.5. The van der Waals surface area contributed by atoms with Gasteiger partial charge < -0.3 is 51.3 Å². The number of aliphatic hydroxyl groups excluding tert-OH is 2. The van der Waals surface area contributed by atoms with E-state index in [1.165, 1.54) is 11.0 Å². The molecule has 3 aliphatic carbocycles. The molecule has 2 aromatic carbocycles. The molecule has 48 heavy (non-hydrogen) atoms. The Bertz CT molecular complexity index is 1730. The highest BCUT2D eigenvalue weighted by molar-refractivity contribution is 6.25. The van der Waals surface area contributed by atoms with E-state index in [1.807, 2.05) is 0 Å². The van der Waals surface area contributed by atoms with Crippen LogP contribution in [0.25, 0.3) is 5.76 Å². The van der Waals surface area contributed by atoms with E-state index in [0.29, 0.717) is 11.3 Å². The normalized spacial score (nSPS) is 26.8. The van der Waals surface area contributed by atoms with Crippen molar-refractivity contribution in [1.82, 2.24) is 4.90 Å². The topological polar surface area (TPSA) is 215 Å². The van der Waals surface area contributed by atoms with E-state index in [1.54, 1.807) is 33.1 Å². The predicted molar refractivity (Wildman–Crippen MR) is 164 cm³/mol. The molecule has 0 spiro atoms. The molecular formula is C31H34F3N5O9. The molecule has 3 aliphatic rings. The molecule has 0 aliphatic heterocycles. The number of carbonyl (C=O) groups excluding carboxylic acids is 4. The van der Waals surface area contributed by atoms with Gasteiger partial charge in [0.25, 0.3) is 0 Å². The Morgan fingerprint density at radius 1 is 1.06 bits per heavy atom. The number of nitrogens with one attached hydrogen (secondary N) is 2. The molecule has 2 fully saturated rings. The van der Waals surface area contributed by atoms with Gasteiger partial charge in [0.15, 0.2) is 17.1 Å². The zero-order valence-corrected chi connectivity index (χ0v) is 26.1. The maximum atomic E-state index is 14.1. The smallest absolute Gasteiger partial charge is 0.507 e. The number of likely N-dealkylation sites (N-methyl/N-ethyl adjacent to an activating group) is 1. The zero-order valence-electron chi connectivity index (χ0n) is 26.1. The SMILES string of the molecule is CN(C)c1cc(NC(=O)Nc2ccc(OC(F)(F)F)cc2)c(O)c2c1C[C@@H]1C[C@@H]3[C@@H](N(C)C)C(O)C(C(N)=O)C(=O)[C@]3(O)C(=O)C1=C2O. The highest BCUT2D eigenvalue weighted by atomic mass is 19.4. The summed E-state index contributed by atoms with van der Waals surface area (Å²) in [5.41, 5.74) is 2.62. The first-order valence-electron chi connectivity index (χ1n) is 14.7. The molecule has 2 aromatic rings. The van der Waals surface area contributed by atoms with E-state index in [2.05, 4.69) is 15.4 Å². The maximum Gasteiger partial charge on any atom is 0.573 e. The number of aliphatic hydroxyl groups is 3. The lowest BCUT2D eigenvalue weighted by atomic mass is 9.54. The van der Waals surface area contributed by atoms with Gasteiger partial charge in [0.05, 0.1) is 17.4 Å². The number of phenolic OH excluding ortho intramolecular Hbond substituents is 1. The number of phenols is 1. The van der Waals surface area contributed by atoms with Crippen LogP contribution < -0.4 is 26.0 Å². The lowest BCUT2D eigenvalue weighted by molar-refractivity contribution is -0.274. The molecule has 258 valence electrons. The molecule has 3 amide bonds. The average molecular weight is 678 g/mol. The standard InChI is InChI=1S/C31H34F3N5O9/c1-38(2)18-11-17(37-29(46)36-13-5-7-14(8-6-13)48-31(32,33)34)23(40)20-15(18)9-12-10-16-22(39(3)4)25(42)21(28(35)45)27(44)30(16,47)26(43)19(12)24(20)41/h5-8,11-12,16,21-22,25,40-42,47H,9-10H2,1-4H3,(H2,35,45)(H2,36,37,46)/t12-,16-,21?,22-,25?,30-/m1/s1. The van der Waals surface area contributed by atoms with Crippen molar-refractivity contribution in [2.24, 2.45) is 23.5 Å². The number of nitrogens with two attached hydrogens (primary N) is 1. The number of anilines is 3. The number of hydrogen-bond acceptors (Lipinski definition) is 11. The summed E-state index contributed by atoms with van der Waals surface area (Å²) in [6.07, 6.45) is -6.55. The minimum Gasteiger partial charge on any atom is -0.507 e.